The van der Waals surface area contributed by atoms with Gasteiger partial charge in [0, 0.05) is 17.3 Å². The van der Waals surface area contributed by atoms with Crippen LogP contribution in [0.1, 0.15) is 21.5 Å². The first-order chi connectivity index (χ1) is 14.3. The molecule has 0 fully saturated rings. The fourth-order valence-electron chi connectivity index (χ4n) is 3.01. The van der Waals surface area contributed by atoms with Gasteiger partial charge in [0.1, 0.15) is 5.75 Å². The van der Waals surface area contributed by atoms with Crippen molar-refractivity contribution in [3.05, 3.63) is 89.5 Å². The quantitative estimate of drug-likeness (QED) is 0.616. The summed E-state index contributed by atoms with van der Waals surface area (Å²) in [7, 11) is -1.90. The zero-order chi connectivity index (χ0) is 21.7. The summed E-state index contributed by atoms with van der Waals surface area (Å²) in [6, 6.07) is 21.3. The van der Waals surface area contributed by atoms with Crippen LogP contribution in [-0.2, 0) is 16.6 Å². The maximum Gasteiger partial charge on any atom is 0.255 e. The molecular formula is C23H24N2O4S. The highest BCUT2D eigenvalue weighted by molar-refractivity contribution is 7.92. The van der Waals surface area contributed by atoms with Crippen molar-refractivity contribution in [1.82, 2.24) is 0 Å². The number of ether oxygens (including phenoxy) is 1. The number of sulfonamides is 1. The Bertz CT molecular complexity index is 1140. The van der Waals surface area contributed by atoms with Crippen molar-refractivity contribution in [3.8, 4) is 5.75 Å². The number of carbonyl (C=O) groups is 1. The minimum absolute atomic E-state index is 0.181. The first kappa shape index (κ1) is 21.4. The van der Waals surface area contributed by atoms with Gasteiger partial charge in [-0.3, -0.25) is 9.10 Å². The van der Waals surface area contributed by atoms with Crippen LogP contribution in [0.5, 0.6) is 5.75 Å². The van der Waals surface area contributed by atoms with Gasteiger partial charge in [0.2, 0.25) is 10.0 Å². The summed E-state index contributed by atoms with van der Waals surface area (Å²) in [4.78, 5) is 12.5. The molecule has 0 heterocycles. The first-order valence-corrected chi connectivity index (χ1v) is 11.2. The van der Waals surface area contributed by atoms with Gasteiger partial charge in [0.25, 0.3) is 5.91 Å². The average molecular weight is 425 g/mol. The number of methoxy groups -OCH3 is 1. The number of carbonyl (C=O) groups excluding carboxylic acids is 1. The van der Waals surface area contributed by atoms with Crippen molar-refractivity contribution in [2.24, 2.45) is 0 Å². The van der Waals surface area contributed by atoms with E-state index >= 15 is 0 Å². The van der Waals surface area contributed by atoms with Crippen molar-refractivity contribution in [2.45, 2.75) is 13.5 Å². The molecule has 0 radical (unpaired) electrons. The molecule has 0 spiro atoms. The molecule has 1 N–H and O–H groups in total. The lowest BCUT2D eigenvalue weighted by Gasteiger charge is -2.23. The molecule has 0 saturated heterocycles. The van der Waals surface area contributed by atoms with Gasteiger partial charge >= 0.3 is 0 Å². The molecule has 3 aromatic rings. The lowest BCUT2D eigenvalue weighted by atomic mass is 10.1. The zero-order valence-corrected chi connectivity index (χ0v) is 17.9. The zero-order valence-electron chi connectivity index (χ0n) is 17.1. The van der Waals surface area contributed by atoms with Gasteiger partial charge in [-0.25, -0.2) is 8.42 Å². The Kier molecular flexibility index (Phi) is 6.42. The van der Waals surface area contributed by atoms with E-state index in [-0.39, 0.29) is 12.5 Å². The van der Waals surface area contributed by atoms with Crippen LogP contribution >= 0.6 is 0 Å². The van der Waals surface area contributed by atoms with Gasteiger partial charge in [-0.2, -0.15) is 0 Å². The summed E-state index contributed by atoms with van der Waals surface area (Å²) in [5.74, 6) is 0.397. The number of rotatable bonds is 7. The van der Waals surface area contributed by atoms with Crippen molar-refractivity contribution < 1.29 is 17.9 Å². The summed E-state index contributed by atoms with van der Waals surface area (Å²) in [6.45, 7) is 2.10. The molecule has 6 nitrogen and oxygen atoms in total. The van der Waals surface area contributed by atoms with E-state index in [4.69, 9.17) is 4.74 Å². The Hall–Kier alpha value is -3.32. The van der Waals surface area contributed by atoms with Crippen LogP contribution in [-0.4, -0.2) is 27.7 Å². The van der Waals surface area contributed by atoms with Crippen LogP contribution in [0, 0.1) is 6.92 Å². The monoisotopic (exact) mass is 424 g/mol. The number of anilines is 2. The molecule has 0 atom stereocenters. The summed E-state index contributed by atoms with van der Waals surface area (Å²) in [5.41, 5.74) is 3.47. The third-order valence-electron chi connectivity index (χ3n) is 4.56. The number of amides is 1. The van der Waals surface area contributed by atoms with Crippen molar-refractivity contribution in [3.63, 3.8) is 0 Å². The highest BCUT2D eigenvalue weighted by Gasteiger charge is 2.18. The normalized spacial score (nSPS) is 11.0. The summed E-state index contributed by atoms with van der Waals surface area (Å²) >= 11 is 0. The Balaban J connectivity index is 1.76. The molecule has 3 rings (SSSR count). The van der Waals surface area contributed by atoms with Crippen LogP contribution in [0.4, 0.5) is 11.4 Å². The van der Waals surface area contributed by atoms with Crippen LogP contribution in [0.3, 0.4) is 0 Å². The van der Waals surface area contributed by atoms with Crippen molar-refractivity contribution >= 4 is 27.3 Å². The number of nitrogens with zero attached hydrogens (tertiary/aromatic N) is 1. The Labute approximate surface area is 177 Å². The Morgan fingerprint density at radius 1 is 1.00 bits per heavy atom. The van der Waals surface area contributed by atoms with Gasteiger partial charge in [-0.05, 0) is 54.4 Å². The van der Waals surface area contributed by atoms with E-state index in [0.717, 1.165) is 11.1 Å². The molecule has 0 aliphatic heterocycles. The number of hydrogen-bond donors (Lipinski definition) is 1. The number of hydrogen-bond acceptors (Lipinski definition) is 4. The molecule has 0 aliphatic carbocycles. The highest BCUT2D eigenvalue weighted by atomic mass is 32.2. The molecule has 0 unspecified atom stereocenters. The van der Waals surface area contributed by atoms with E-state index in [0.29, 0.717) is 22.7 Å². The van der Waals surface area contributed by atoms with E-state index < -0.39 is 10.0 Å². The fraction of sp³-hybridized carbons (Fsp3) is 0.174. The first-order valence-electron chi connectivity index (χ1n) is 9.35. The van der Waals surface area contributed by atoms with Crippen molar-refractivity contribution in [2.75, 3.05) is 23.0 Å². The van der Waals surface area contributed by atoms with E-state index in [2.05, 4.69) is 5.32 Å². The fourth-order valence-corrected chi connectivity index (χ4v) is 3.89. The second-order valence-corrected chi connectivity index (χ2v) is 8.90. The largest absolute Gasteiger partial charge is 0.497 e. The van der Waals surface area contributed by atoms with Gasteiger partial charge in [0.05, 0.1) is 25.6 Å². The molecule has 156 valence electrons. The molecule has 0 aliphatic rings. The molecule has 30 heavy (non-hydrogen) atoms. The number of aryl methyl sites for hydroxylation is 1. The third kappa shape index (κ3) is 5.39. The lowest BCUT2D eigenvalue weighted by Crippen LogP contribution is -2.29. The molecule has 0 bridgehead atoms. The Morgan fingerprint density at radius 3 is 2.33 bits per heavy atom. The third-order valence-corrected chi connectivity index (χ3v) is 5.70. The number of benzene rings is 3. The van der Waals surface area contributed by atoms with Gasteiger partial charge in [-0.1, -0.05) is 30.3 Å². The van der Waals surface area contributed by atoms with E-state index in [1.165, 1.54) is 10.6 Å². The van der Waals surface area contributed by atoms with Gasteiger partial charge < -0.3 is 10.1 Å². The molecular weight excluding hydrogens is 400 g/mol. The van der Waals surface area contributed by atoms with Crippen LogP contribution < -0.4 is 14.4 Å². The minimum atomic E-state index is -3.46. The van der Waals surface area contributed by atoms with Gasteiger partial charge in [0.15, 0.2) is 0 Å². The summed E-state index contributed by atoms with van der Waals surface area (Å²) in [6.07, 6.45) is 1.19. The van der Waals surface area contributed by atoms with Crippen molar-refractivity contribution in [1.29, 1.82) is 0 Å². The summed E-state index contributed by atoms with van der Waals surface area (Å²) in [5, 5.41) is 2.82. The smallest absolute Gasteiger partial charge is 0.255 e. The number of nitrogens with one attached hydrogen (secondary N) is 1. The van der Waals surface area contributed by atoms with E-state index in [1.807, 2.05) is 25.1 Å². The molecule has 0 aromatic heterocycles. The van der Waals surface area contributed by atoms with E-state index in [9.17, 15) is 13.2 Å². The summed E-state index contributed by atoms with van der Waals surface area (Å²) < 4.78 is 31.2. The Morgan fingerprint density at radius 2 is 1.70 bits per heavy atom. The maximum absolute atomic E-state index is 12.5. The second-order valence-electron chi connectivity index (χ2n) is 6.99. The predicted molar refractivity (Wildman–Crippen MR) is 120 cm³/mol. The second kappa shape index (κ2) is 9.00. The maximum atomic E-state index is 12.5. The SMILES string of the molecule is COc1cccc(NC(=O)c2ccc(CN(c3cccc(C)c3)S(C)(=O)=O)cc2)c1. The minimum Gasteiger partial charge on any atom is -0.497 e. The molecule has 0 saturated carbocycles. The van der Waals surface area contributed by atoms with Crippen LogP contribution in [0.2, 0.25) is 0 Å². The average Bonchev–Trinajstić information content (AvgIpc) is 2.71. The molecule has 7 heteroatoms. The van der Waals surface area contributed by atoms with E-state index in [1.54, 1.807) is 61.7 Å². The van der Waals surface area contributed by atoms with Crippen LogP contribution in [0.15, 0.2) is 72.8 Å². The standard InChI is InChI=1S/C23H24N2O4S/c1-17-6-4-8-21(14-17)25(30(3,27)28)16-18-10-12-19(13-11-18)23(26)24-20-7-5-9-22(15-20)29-2/h4-15H,16H2,1-3H3,(H,24,26). The predicted octanol–water partition coefficient (Wildman–Crippen LogP) is 4.22. The lowest BCUT2D eigenvalue weighted by molar-refractivity contribution is 0.102. The topological polar surface area (TPSA) is 75.7 Å². The van der Waals surface area contributed by atoms with Crippen LogP contribution in [0.25, 0.3) is 0 Å². The van der Waals surface area contributed by atoms with Gasteiger partial charge in [-0.15, -0.1) is 0 Å². The highest BCUT2D eigenvalue weighted by Crippen LogP contribution is 2.22. The molecule has 1 amide bonds. The molecule has 3 aromatic carbocycles.